The number of amides is 2. The van der Waals surface area contributed by atoms with Crippen LogP contribution < -0.4 is 9.64 Å². The van der Waals surface area contributed by atoms with Crippen molar-refractivity contribution in [1.29, 1.82) is 0 Å². The minimum Gasteiger partial charge on any atom is -0.495 e. The van der Waals surface area contributed by atoms with E-state index in [1.807, 2.05) is 78.9 Å². The molecule has 152 valence electrons. The van der Waals surface area contributed by atoms with E-state index in [0.717, 1.165) is 17.5 Å². The number of para-hydroxylation sites is 2. The molecule has 5 heteroatoms. The second-order valence-corrected chi connectivity index (χ2v) is 7.25. The van der Waals surface area contributed by atoms with Crippen molar-refractivity contribution >= 4 is 17.5 Å². The van der Waals surface area contributed by atoms with E-state index in [2.05, 4.69) is 0 Å². The van der Waals surface area contributed by atoms with E-state index < -0.39 is 0 Å². The van der Waals surface area contributed by atoms with Crippen LogP contribution in [0.2, 0.25) is 0 Å². The lowest BCUT2D eigenvalue weighted by Crippen LogP contribution is -2.42. The van der Waals surface area contributed by atoms with Crippen LogP contribution in [0.3, 0.4) is 0 Å². The number of anilines is 1. The maximum atomic E-state index is 13.5. The lowest BCUT2D eigenvalue weighted by Gasteiger charge is -2.29. The molecule has 0 atom stereocenters. The number of carbonyl (C=O) groups excluding carboxylic acids is 2. The fourth-order valence-corrected chi connectivity index (χ4v) is 3.72. The van der Waals surface area contributed by atoms with Gasteiger partial charge >= 0.3 is 0 Å². The average Bonchev–Trinajstić information content (AvgIpc) is 3.22. The molecule has 1 heterocycles. The van der Waals surface area contributed by atoms with E-state index in [-0.39, 0.29) is 18.5 Å². The molecule has 1 saturated heterocycles. The van der Waals surface area contributed by atoms with Crippen LogP contribution in [0.5, 0.6) is 5.75 Å². The number of carbonyl (C=O) groups is 2. The minimum absolute atomic E-state index is 0.0714. The molecular weight excluding hydrogens is 376 g/mol. The molecule has 0 unspecified atom stereocenters. The number of methoxy groups -OCH3 is 1. The molecule has 0 spiro atoms. The van der Waals surface area contributed by atoms with Gasteiger partial charge < -0.3 is 9.64 Å². The molecule has 30 heavy (non-hydrogen) atoms. The molecule has 3 aromatic rings. The smallest absolute Gasteiger partial charge is 0.259 e. The zero-order chi connectivity index (χ0) is 20.9. The Morgan fingerprint density at radius 1 is 0.933 bits per heavy atom. The second-order valence-electron chi connectivity index (χ2n) is 7.25. The van der Waals surface area contributed by atoms with Crippen LogP contribution in [-0.2, 0) is 4.79 Å². The number of hydrogen-bond acceptors (Lipinski definition) is 3. The van der Waals surface area contributed by atoms with Gasteiger partial charge in [0.15, 0.2) is 0 Å². The monoisotopic (exact) mass is 400 g/mol. The lowest BCUT2D eigenvalue weighted by molar-refractivity contribution is -0.127. The topological polar surface area (TPSA) is 49.9 Å². The molecule has 1 fully saturated rings. The van der Waals surface area contributed by atoms with Crippen molar-refractivity contribution in [3.05, 3.63) is 84.4 Å². The summed E-state index contributed by atoms with van der Waals surface area (Å²) in [6, 6.07) is 25.0. The third-order valence-corrected chi connectivity index (χ3v) is 5.34. The van der Waals surface area contributed by atoms with Gasteiger partial charge in [0.2, 0.25) is 5.91 Å². The normalized spacial score (nSPS) is 13.4. The highest BCUT2D eigenvalue weighted by molar-refractivity contribution is 6.07. The molecule has 0 aromatic heterocycles. The Labute approximate surface area is 176 Å². The Balaban J connectivity index is 1.66. The molecular formula is C25H24N2O3. The van der Waals surface area contributed by atoms with Crippen molar-refractivity contribution < 1.29 is 14.3 Å². The van der Waals surface area contributed by atoms with Gasteiger partial charge in [0.05, 0.1) is 12.8 Å². The summed E-state index contributed by atoms with van der Waals surface area (Å²) in [4.78, 5) is 29.1. The number of nitrogens with zero attached hydrogens (tertiary/aromatic N) is 2. The van der Waals surface area contributed by atoms with Crippen molar-refractivity contribution in [2.24, 2.45) is 0 Å². The van der Waals surface area contributed by atoms with Gasteiger partial charge in [-0.05, 0) is 41.8 Å². The van der Waals surface area contributed by atoms with Crippen LogP contribution in [0.25, 0.3) is 11.1 Å². The van der Waals surface area contributed by atoms with E-state index in [4.69, 9.17) is 4.74 Å². The molecule has 1 aliphatic rings. The molecule has 2 amide bonds. The first kappa shape index (κ1) is 19.7. The first-order valence-corrected chi connectivity index (χ1v) is 10.1. The highest BCUT2D eigenvalue weighted by Crippen LogP contribution is 2.30. The number of rotatable bonds is 6. The van der Waals surface area contributed by atoms with Crippen molar-refractivity contribution in [2.75, 3.05) is 25.2 Å². The van der Waals surface area contributed by atoms with Crippen LogP contribution in [0.1, 0.15) is 23.2 Å². The van der Waals surface area contributed by atoms with Gasteiger partial charge in [-0.3, -0.25) is 14.5 Å². The number of likely N-dealkylation sites (tertiary alicyclic amines) is 1. The van der Waals surface area contributed by atoms with Crippen molar-refractivity contribution in [3.8, 4) is 16.9 Å². The quantitative estimate of drug-likeness (QED) is 0.608. The summed E-state index contributed by atoms with van der Waals surface area (Å²) in [5.74, 6) is 0.499. The lowest BCUT2D eigenvalue weighted by atomic mass is 10.0. The maximum absolute atomic E-state index is 13.5. The molecule has 4 rings (SSSR count). The zero-order valence-corrected chi connectivity index (χ0v) is 17.0. The van der Waals surface area contributed by atoms with Gasteiger partial charge in [-0.1, -0.05) is 54.6 Å². The summed E-state index contributed by atoms with van der Waals surface area (Å²) in [5, 5.41) is 0. The van der Waals surface area contributed by atoms with Crippen molar-refractivity contribution in [3.63, 3.8) is 0 Å². The first-order valence-electron chi connectivity index (χ1n) is 10.1. The molecule has 3 aromatic carbocycles. The van der Waals surface area contributed by atoms with E-state index in [0.29, 0.717) is 30.0 Å². The number of benzene rings is 3. The summed E-state index contributed by atoms with van der Waals surface area (Å²) >= 11 is 0. The Bertz CT molecular complexity index is 1030. The molecule has 5 nitrogen and oxygen atoms in total. The maximum Gasteiger partial charge on any atom is 0.259 e. The molecule has 0 aliphatic carbocycles. The summed E-state index contributed by atoms with van der Waals surface area (Å²) in [7, 11) is 1.58. The fraction of sp³-hybridized carbons (Fsp3) is 0.200. The summed E-state index contributed by atoms with van der Waals surface area (Å²) in [6.45, 7) is 0.864. The number of hydrogen-bond donors (Lipinski definition) is 0. The predicted molar refractivity (Wildman–Crippen MR) is 117 cm³/mol. The van der Waals surface area contributed by atoms with Gasteiger partial charge in [0.25, 0.3) is 5.91 Å². The Morgan fingerprint density at radius 2 is 1.60 bits per heavy atom. The van der Waals surface area contributed by atoms with Gasteiger partial charge in [-0.25, -0.2) is 0 Å². The average molecular weight is 400 g/mol. The minimum atomic E-state index is -0.168. The van der Waals surface area contributed by atoms with Gasteiger partial charge in [-0.2, -0.15) is 0 Å². The summed E-state index contributed by atoms with van der Waals surface area (Å²) in [5.41, 5.74) is 3.36. The highest BCUT2D eigenvalue weighted by Gasteiger charge is 2.27. The molecule has 0 saturated carbocycles. The first-order chi connectivity index (χ1) is 14.7. The standard InChI is InChI=1S/C25H24N2O3/c1-30-23-11-6-5-10-22(23)27(18-26-17-7-12-24(26)28)25(29)21-15-13-20(14-16-21)19-8-3-2-4-9-19/h2-6,8-11,13-16H,7,12,17-18H2,1H3. The van der Waals surface area contributed by atoms with E-state index in [1.165, 1.54) is 0 Å². The van der Waals surface area contributed by atoms with Crippen LogP contribution in [0.15, 0.2) is 78.9 Å². The predicted octanol–water partition coefficient (Wildman–Crippen LogP) is 4.59. The zero-order valence-electron chi connectivity index (χ0n) is 17.0. The van der Waals surface area contributed by atoms with Gasteiger partial charge in [-0.15, -0.1) is 0 Å². The van der Waals surface area contributed by atoms with Crippen LogP contribution in [-0.4, -0.2) is 37.0 Å². The van der Waals surface area contributed by atoms with Crippen molar-refractivity contribution in [1.82, 2.24) is 4.90 Å². The Hall–Kier alpha value is -3.60. The van der Waals surface area contributed by atoms with Crippen LogP contribution in [0.4, 0.5) is 5.69 Å². The molecule has 0 N–H and O–H groups in total. The van der Waals surface area contributed by atoms with Gasteiger partial charge in [0.1, 0.15) is 12.4 Å². The second kappa shape index (κ2) is 8.82. The molecule has 0 radical (unpaired) electrons. The molecule has 1 aliphatic heterocycles. The largest absolute Gasteiger partial charge is 0.495 e. The summed E-state index contributed by atoms with van der Waals surface area (Å²) in [6.07, 6.45) is 1.35. The SMILES string of the molecule is COc1ccccc1N(CN1CCCC1=O)C(=O)c1ccc(-c2ccccc2)cc1. The van der Waals surface area contributed by atoms with E-state index >= 15 is 0 Å². The van der Waals surface area contributed by atoms with E-state index in [1.54, 1.807) is 16.9 Å². The highest BCUT2D eigenvalue weighted by atomic mass is 16.5. The van der Waals surface area contributed by atoms with Crippen LogP contribution >= 0.6 is 0 Å². The Kier molecular flexibility index (Phi) is 5.80. The summed E-state index contributed by atoms with van der Waals surface area (Å²) < 4.78 is 5.48. The van der Waals surface area contributed by atoms with Gasteiger partial charge in [0, 0.05) is 18.5 Å². The number of ether oxygens (including phenoxy) is 1. The van der Waals surface area contributed by atoms with E-state index in [9.17, 15) is 9.59 Å². The third kappa shape index (κ3) is 4.06. The van der Waals surface area contributed by atoms with Crippen molar-refractivity contribution in [2.45, 2.75) is 12.8 Å². The molecule has 0 bridgehead atoms. The third-order valence-electron chi connectivity index (χ3n) is 5.34. The fourth-order valence-electron chi connectivity index (χ4n) is 3.72. The Morgan fingerprint density at radius 3 is 2.27 bits per heavy atom. The van der Waals surface area contributed by atoms with Crippen LogP contribution in [0, 0.1) is 0 Å².